The number of fused-ring (bicyclic) bond motifs is 1. The molecule has 0 spiro atoms. The Morgan fingerprint density at radius 1 is 1.47 bits per heavy atom. The van der Waals surface area contributed by atoms with Gasteiger partial charge in [0, 0.05) is 11.9 Å². The highest BCUT2D eigenvalue weighted by atomic mass is 32.2. The normalized spacial score (nSPS) is 10.6. The number of furan rings is 1. The first-order valence-corrected chi connectivity index (χ1v) is 7.49. The lowest BCUT2D eigenvalue weighted by atomic mass is 10.2. The molecule has 0 saturated heterocycles. The van der Waals surface area contributed by atoms with Gasteiger partial charge in [0.1, 0.15) is 0 Å². The Bertz CT molecular complexity index is 565. The number of ether oxygens (including phenoxy) is 1. The molecule has 0 bridgehead atoms. The fourth-order valence-corrected chi connectivity index (χ4v) is 2.25. The third-order valence-electron chi connectivity index (χ3n) is 2.76. The van der Waals surface area contributed by atoms with E-state index in [2.05, 4.69) is 5.32 Å². The van der Waals surface area contributed by atoms with E-state index < -0.39 is 0 Å². The summed E-state index contributed by atoms with van der Waals surface area (Å²) in [5.41, 5.74) is 0.610. The molecular formula is C14H17NO3S. The van der Waals surface area contributed by atoms with Crippen LogP contribution in [-0.4, -0.2) is 31.6 Å². The summed E-state index contributed by atoms with van der Waals surface area (Å²) in [5.74, 6) is 1.82. The minimum atomic E-state index is -0.181. The van der Waals surface area contributed by atoms with Crippen molar-refractivity contribution in [3.05, 3.63) is 30.0 Å². The smallest absolute Gasteiger partial charge is 0.287 e. The van der Waals surface area contributed by atoms with Gasteiger partial charge in [0.25, 0.3) is 5.91 Å². The largest absolute Gasteiger partial charge is 0.493 e. The first-order chi connectivity index (χ1) is 9.26. The number of thioether (sulfide) groups is 1. The zero-order chi connectivity index (χ0) is 13.7. The summed E-state index contributed by atoms with van der Waals surface area (Å²) >= 11 is 1.77. The van der Waals surface area contributed by atoms with Gasteiger partial charge in [-0.3, -0.25) is 4.79 Å². The molecular weight excluding hydrogens is 262 g/mol. The number of hydrogen-bond acceptors (Lipinski definition) is 4. The summed E-state index contributed by atoms with van der Waals surface area (Å²) < 4.78 is 10.8. The topological polar surface area (TPSA) is 51.5 Å². The molecule has 2 rings (SSSR count). The van der Waals surface area contributed by atoms with Crippen LogP contribution in [0.15, 0.2) is 28.7 Å². The highest BCUT2D eigenvalue weighted by Gasteiger charge is 2.14. The van der Waals surface area contributed by atoms with Crippen LogP contribution in [0.2, 0.25) is 0 Å². The first kappa shape index (κ1) is 13.8. The standard InChI is InChI=1S/C14H17NO3S/c1-17-11-6-3-5-10-9-12(18-13(10)11)14(16)15-7-4-8-19-2/h3,5-6,9H,4,7-8H2,1-2H3,(H,15,16). The summed E-state index contributed by atoms with van der Waals surface area (Å²) in [6.45, 7) is 0.661. The number of carbonyl (C=O) groups excluding carboxylic acids is 1. The minimum absolute atomic E-state index is 0.181. The average Bonchev–Trinajstić information content (AvgIpc) is 2.87. The number of methoxy groups -OCH3 is 1. The van der Waals surface area contributed by atoms with Crippen molar-refractivity contribution in [3.63, 3.8) is 0 Å². The molecule has 0 unspecified atom stereocenters. The molecule has 1 heterocycles. The van der Waals surface area contributed by atoms with Gasteiger partial charge in [-0.15, -0.1) is 0 Å². The summed E-state index contributed by atoms with van der Waals surface area (Å²) in [4.78, 5) is 11.9. The third-order valence-corrected chi connectivity index (χ3v) is 3.46. The molecule has 0 aliphatic rings. The zero-order valence-corrected chi connectivity index (χ0v) is 11.9. The van der Waals surface area contributed by atoms with Gasteiger partial charge >= 0.3 is 0 Å². The van der Waals surface area contributed by atoms with E-state index >= 15 is 0 Å². The molecule has 0 atom stereocenters. The Hall–Kier alpha value is -1.62. The quantitative estimate of drug-likeness (QED) is 0.826. The third kappa shape index (κ3) is 3.23. The summed E-state index contributed by atoms with van der Waals surface area (Å²) in [6.07, 6.45) is 3.00. The van der Waals surface area contributed by atoms with Crippen LogP contribution in [0, 0.1) is 0 Å². The van der Waals surface area contributed by atoms with E-state index in [9.17, 15) is 4.79 Å². The molecule has 5 heteroatoms. The Morgan fingerprint density at radius 2 is 2.32 bits per heavy atom. The molecule has 1 aromatic carbocycles. The highest BCUT2D eigenvalue weighted by Crippen LogP contribution is 2.28. The van der Waals surface area contributed by atoms with Gasteiger partial charge in [-0.05, 0) is 30.6 Å². The minimum Gasteiger partial charge on any atom is -0.493 e. The van der Waals surface area contributed by atoms with Crippen LogP contribution in [0.4, 0.5) is 0 Å². The van der Waals surface area contributed by atoms with Crippen LogP contribution < -0.4 is 10.1 Å². The average molecular weight is 279 g/mol. The second kappa shape index (κ2) is 6.52. The number of rotatable bonds is 6. The predicted octanol–water partition coefficient (Wildman–Crippen LogP) is 2.92. The van der Waals surface area contributed by atoms with Crippen LogP contribution >= 0.6 is 11.8 Å². The van der Waals surface area contributed by atoms with E-state index in [1.54, 1.807) is 24.9 Å². The zero-order valence-electron chi connectivity index (χ0n) is 11.1. The molecule has 1 aromatic heterocycles. The van der Waals surface area contributed by atoms with Crippen molar-refractivity contribution in [1.29, 1.82) is 0 Å². The summed E-state index contributed by atoms with van der Waals surface area (Å²) in [6, 6.07) is 7.32. The maximum absolute atomic E-state index is 11.9. The Balaban J connectivity index is 2.10. The number of para-hydroxylation sites is 1. The first-order valence-electron chi connectivity index (χ1n) is 6.10. The predicted molar refractivity (Wildman–Crippen MR) is 78.1 cm³/mol. The number of benzene rings is 1. The molecule has 1 amide bonds. The molecule has 0 aliphatic carbocycles. The number of amides is 1. The van der Waals surface area contributed by atoms with Crippen LogP contribution in [0.25, 0.3) is 11.0 Å². The maximum atomic E-state index is 11.9. The van der Waals surface area contributed by atoms with E-state index in [0.717, 1.165) is 17.6 Å². The van der Waals surface area contributed by atoms with Crippen molar-refractivity contribution < 1.29 is 13.9 Å². The lowest BCUT2D eigenvalue weighted by Gasteiger charge is -2.01. The van der Waals surface area contributed by atoms with Crippen molar-refractivity contribution in [2.45, 2.75) is 6.42 Å². The van der Waals surface area contributed by atoms with Gasteiger partial charge in [0.2, 0.25) is 0 Å². The second-order valence-corrected chi connectivity index (χ2v) is 5.08. The van der Waals surface area contributed by atoms with Crippen LogP contribution in [0.5, 0.6) is 5.75 Å². The van der Waals surface area contributed by atoms with E-state index in [-0.39, 0.29) is 5.91 Å². The number of nitrogens with one attached hydrogen (secondary N) is 1. The van der Waals surface area contributed by atoms with E-state index in [0.29, 0.717) is 23.6 Å². The molecule has 2 aromatic rings. The van der Waals surface area contributed by atoms with Gasteiger partial charge in [-0.2, -0.15) is 11.8 Å². The van der Waals surface area contributed by atoms with E-state index in [1.807, 2.05) is 24.5 Å². The maximum Gasteiger partial charge on any atom is 0.287 e. The SMILES string of the molecule is COc1cccc2cc(C(=O)NCCCSC)oc12. The molecule has 102 valence electrons. The Labute approximate surface area is 116 Å². The van der Waals surface area contributed by atoms with Gasteiger partial charge < -0.3 is 14.5 Å². The molecule has 19 heavy (non-hydrogen) atoms. The Kier molecular flexibility index (Phi) is 4.74. The van der Waals surface area contributed by atoms with Crippen LogP contribution in [0.1, 0.15) is 17.0 Å². The summed E-state index contributed by atoms with van der Waals surface area (Å²) in [7, 11) is 1.58. The molecule has 1 N–H and O–H groups in total. The van der Waals surface area contributed by atoms with E-state index in [4.69, 9.17) is 9.15 Å². The summed E-state index contributed by atoms with van der Waals surface area (Å²) in [5, 5.41) is 3.71. The van der Waals surface area contributed by atoms with Crippen molar-refractivity contribution >= 4 is 28.6 Å². The van der Waals surface area contributed by atoms with Crippen molar-refractivity contribution in [2.24, 2.45) is 0 Å². The molecule has 0 aliphatic heterocycles. The fourth-order valence-electron chi connectivity index (χ4n) is 1.81. The lowest BCUT2D eigenvalue weighted by Crippen LogP contribution is -2.24. The van der Waals surface area contributed by atoms with Crippen molar-refractivity contribution in [3.8, 4) is 5.75 Å². The monoisotopic (exact) mass is 279 g/mol. The van der Waals surface area contributed by atoms with Gasteiger partial charge in [0.05, 0.1) is 7.11 Å². The highest BCUT2D eigenvalue weighted by molar-refractivity contribution is 7.98. The van der Waals surface area contributed by atoms with Gasteiger partial charge in [-0.1, -0.05) is 12.1 Å². The second-order valence-electron chi connectivity index (χ2n) is 4.09. The molecule has 4 nitrogen and oxygen atoms in total. The molecule has 0 saturated carbocycles. The van der Waals surface area contributed by atoms with Crippen molar-refractivity contribution in [1.82, 2.24) is 5.32 Å². The fraction of sp³-hybridized carbons (Fsp3) is 0.357. The lowest BCUT2D eigenvalue weighted by molar-refractivity contribution is 0.0928. The van der Waals surface area contributed by atoms with Gasteiger partial charge in [0.15, 0.2) is 17.1 Å². The van der Waals surface area contributed by atoms with Crippen molar-refractivity contribution in [2.75, 3.05) is 25.7 Å². The number of hydrogen-bond donors (Lipinski definition) is 1. The van der Waals surface area contributed by atoms with Crippen LogP contribution in [-0.2, 0) is 0 Å². The van der Waals surface area contributed by atoms with E-state index in [1.165, 1.54) is 0 Å². The molecule has 0 radical (unpaired) electrons. The Morgan fingerprint density at radius 3 is 3.05 bits per heavy atom. The number of carbonyl (C=O) groups is 1. The van der Waals surface area contributed by atoms with Crippen LogP contribution in [0.3, 0.4) is 0 Å². The van der Waals surface area contributed by atoms with Gasteiger partial charge in [-0.25, -0.2) is 0 Å². The molecule has 0 fully saturated rings.